The second-order valence-electron chi connectivity index (χ2n) is 5.47. The molecule has 1 aromatic carbocycles. The van der Waals surface area contributed by atoms with E-state index in [-0.39, 0.29) is 35.5 Å². The van der Waals surface area contributed by atoms with Gasteiger partial charge >= 0.3 is 0 Å². The minimum Gasteiger partial charge on any atom is -0.508 e. The summed E-state index contributed by atoms with van der Waals surface area (Å²) in [6.45, 7) is 3.56. The molecule has 1 unspecified atom stereocenters. The first kappa shape index (κ1) is 14.8. The molecule has 0 aliphatic carbocycles. The highest BCUT2D eigenvalue weighted by Crippen LogP contribution is 2.26. The van der Waals surface area contributed by atoms with Gasteiger partial charge in [0.05, 0.1) is 11.5 Å². The predicted molar refractivity (Wildman–Crippen MR) is 77.6 cm³/mol. The number of rotatable bonds is 3. The molecule has 1 fully saturated rings. The Morgan fingerprint density at radius 1 is 1.35 bits per heavy atom. The number of phenolic OH excluding ortho intramolecular Hbond substituents is 1. The molecule has 2 N–H and O–H groups in total. The third kappa shape index (κ3) is 3.50. The van der Waals surface area contributed by atoms with Crippen molar-refractivity contribution in [2.24, 2.45) is 5.92 Å². The molecule has 1 aliphatic heterocycles. The lowest BCUT2D eigenvalue weighted by Gasteiger charge is -2.12. The van der Waals surface area contributed by atoms with Gasteiger partial charge in [0.2, 0.25) is 5.91 Å². The van der Waals surface area contributed by atoms with E-state index in [2.05, 4.69) is 5.32 Å². The molecule has 6 heteroatoms. The number of aryl methyl sites for hydroxylation is 2. The molecule has 0 bridgehead atoms. The fraction of sp³-hybridized carbons (Fsp3) is 0.500. The second kappa shape index (κ2) is 5.44. The summed E-state index contributed by atoms with van der Waals surface area (Å²) >= 11 is 0. The SMILES string of the molecule is Cc1cc(NC(=O)CC2CCS(=O)(=O)C2)c(C)cc1O. The highest BCUT2D eigenvalue weighted by molar-refractivity contribution is 7.91. The zero-order valence-electron chi connectivity index (χ0n) is 11.6. The zero-order chi connectivity index (χ0) is 14.9. The van der Waals surface area contributed by atoms with Crippen LogP contribution in [0.3, 0.4) is 0 Å². The van der Waals surface area contributed by atoms with Crippen LogP contribution in [0.2, 0.25) is 0 Å². The monoisotopic (exact) mass is 297 g/mol. The summed E-state index contributed by atoms with van der Waals surface area (Å²) in [7, 11) is -2.95. The topological polar surface area (TPSA) is 83.5 Å². The maximum Gasteiger partial charge on any atom is 0.224 e. The summed E-state index contributed by atoms with van der Waals surface area (Å²) in [5.41, 5.74) is 2.13. The largest absolute Gasteiger partial charge is 0.508 e. The first-order chi connectivity index (χ1) is 9.27. The van der Waals surface area contributed by atoms with Crippen LogP contribution < -0.4 is 5.32 Å². The van der Waals surface area contributed by atoms with Gasteiger partial charge in [-0.15, -0.1) is 0 Å². The van der Waals surface area contributed by atoms with E-state index in [1.165, 1.54) is 0 Å². The summed E-state index contributed by atoms with van der Waals surface area (Å²) in [6, 6.07) is 3.32. The van der Waals surface area contributed by atoms with E-state index < -0.39 is 9.84 Å². The van der Waals surface area contributed by atoms with Crippen LogP contribution in [0.25, 0.3) is 0 Å². The van der Waals surface area contributed by atoms with Gasteiger partial charge in [-0.2, -0.15) is 0 Å². The van der Waals surface area contributed by atoms with Gasteiger partial charge in [-0.1, -0.05) is 0 Å². The maximum atomic E-state index is 12.0. The van der Waals surface area contributed by atoms with Gasteiger partial charge in [0, 0.05) is 12.1 Å². The maximum absolute atomic E-state index is 12.0. The van der Waals surface area contributed by atoms with Crippen molar-refractivity contribution in [3.63, 3.8) is 0 Å². The number of nitrogens with one attached hydrogen (secondary N) is 1. The van der Waals surface area contributed by atoms with E-state index in [1.54, 1.807) is 26.0 Å². The molecule has 1 atom stereocenters. The van der Waals surface area contributed by atoms with E-state index in [4.69, 9.17) is 0 Å². The number of benzene rings is 1. The van der Waals surface area contributed by atoms with Crippen molar-refractivity contribution in [2.45, 2.75) is 26.7 Å². The first-order valence-electron chi connectivity index (χ1n) is 6.57. The van der Waals surface area contributed by atoms with Crippen molar-refractivity contribution in [1.29, 1.82) is 0 Å². The number of aromatic hydroxyl groups is 1. The molecule has 1 amide bonds. The van der Waals surface area contributed by atoms with Gasteiger partial charge in [-0.25, -0.2) is 8.42 Å². The minimum atomic E-state index is -2.95. The molecule has 1 saturated heterocycles. The molecule has 5 nitrogen and oxygen atoms in total. The number of hydrogen-bond donors (Lipinski definition) is 2. The Labute approximate surface area is 118 Å². The standard InChI is InChI=1S/C14H19NO4S/c1-9-6-13(16)10(2)5-12(9)15-14(17)7-11-3-4-20(18,19)8-11/h5-6,11,16H,3-4,7-8H2,1-2H3,(H,15,17). The van der Waals surface area contributed by atoms with Gasteiger partial charge < -0.3 is 10.4 Å². The highest BCUT2D eigenvalue weighted by atomic mass is 32.2. The Morgan fingerprint density at radius 3 is 2.65 bits per heavy atom. The predicted octanol–water partition coefficient (Wildman–Crippen LogP) is 1.77. The molecule has 20 heavy (non-hydrogen) atoms. The number of sulfone groups is 1. The fourth-order valence-corrected chi connectivity index (χ4v) is 4.29. The van der Waals surface area contributed by atoms with E-state index in [9.17, 15) is 18.3 Å². The Kier molecular flexibility index (Phi) is 4.04. The second-order valence-corrected chi connectivity index (χ2v) is 7.70. The molecule has 1 aromatic rings. The summed E-state index contributed by atoms with van der Waals surface area (Å²) in [4.78, 5) is 12.0. The average Bonchev–Trinajstić information content (AvgIpc) is 2.65. The minimum absolute atomic E-state index is 0.0847. The van der Waals surface area contributed by atoms with E-state index in [1.807, 2.05) is 0 Å². The molecule has 0 aromatic heterocycles. The third-order valence-electron chi connectivity index (χ3n) is 3.62. The van der Waals surface area contributed by atoms with Crippen molar-refractivity contribution in [2.75, 3.05) is 16.8 Å². The molecule has 2 rings (SSSR count). The van der Waals surface area contributed by atoms with Gasteiger partial charge in [0.15, 0.2) is 9.84 Å². The number of phenols is 1. The number of amides is 1. The third-order valence-corrected chi connectivity index (χ3v) is 5.45. The summed E-state index contributed by atoms with van der Waals surface area (Å²) < 4.78 is 22.7. The van der Waals surface area contributed by atoms with Crippen molar-refractivity contribution < 1.29 is 18.3 Å². The van der Waals surface area contributed by atoms with Gasteiger partial charge in [-0.05, 0) is 49.4 Å². The molecule has 0 radical (unpaired) electrons. The van der Waals surface area contributed by atoms with E-state index in [0.717, 1.165) is 5.56 Å². The molecular formula is C14H19NO4S. The first-order valence-corrected chi connectivity index (χ1v) is 8.39. The summed E-state index contributed by atoms with van der Waals surface area (Å²) in [5, 5.41) is 12.4. The highest BCUT2D eigenvalue weighted by Gasteiger charge is 2.29. The van der Waals surface area contributed by atoms with Crippen LogP contribution in [0, 0.1) is 19.8 Å². The van der Waals surface area contributed by atoms with Gasteiger partial charge in [0.1, 0.15) is 5.75 Å². The van der Waals surface area contributed by atoms with Crippen LogP contribution in [-0.2, 0) is 14.6 Å². The molecule has 1 heterocycles. The fourth-order valence-electron chi connectivity index (χ4n) is 2.43. The van der Waals surface area contributed by atoms with Crippen molar-refractivity contribution in [1.82, 2.24) is 0 Å². The summed E-state index contributed by atoms with van der Waals surface area (Å²) in [5.74, 6) is 0.220. The van der Waals surface area contributed by atoms with Gasteiger partial charge in [0.25, 0.3) is 0 Å². The molecular weight excluding hydrogens is 278 g/mol. The number of hydrogen-bond acceptors (Lipinski definition) is 4. The summed E-state index contributed by atoms with van der Waals surface area (Å²) in [6.07, 6.45) is 0.780. The van der Waals surface area contributed by atoms with Crippen LogP contribution in [0.1, 0.15) is 24.0 Å². The molecule has 0 spiro atoms. The van der Waals surface area contributed by atoms with Gasteiger partial charge in [-0.3, -0.25) is 4.79 Å². The van der Waals surface area contributed by atoms with Crippen molar-refractivity contribution >= 4 is 21.4 Å². The number of carbonyl (C=O) groups is 1. The van der Waals surface area contributed by atoms with Crippen LogP contribution in [0.4, 0.5) is 5.69 Å². The van der Waals surface area contributed by atoms with Crippen LogP contribution in [0.15, 0.2) is 12.1 Å². The van der Waals surface area contributed by atoms with Crippen LogP contribution in [0.5, 0.6) is 5.75 Å². The zero-order valence-corrected chi connectivity index (χ0v) is 12.5. The molecule has 110 valence electrons. The molecule has 1 aliphatic rings. The van der Waals surface area contributed by atoms with Crippen LogP contribution >= 0.6 is 0 Å². The lowest BCUT2D eigenvalue weighted by molar-refractivity contribution is -0.116. The number of anilines is 1. The lowest BCUT2D eigenvalue weighted by Crippen LogP contribution is -2.18. The number of carbonyl (C=O) groups excluding carboxylic acids is 1. The molecule has 0 saturated carbocycles. The van der Waals surface area contributed by atoms with E-state index >= 15 is 0 Å². The average molecular weight is 297 g/mol. The Balaban J connectivity index is 2.00. The normalized spacial score (nSPS) is 20.8. The lowest BCUT2D eigenvalue weighted by atomic mass is 10.0. The quantitative estimate of drug-likeness (QED) is 0.833. The van der Waals surface area contributed by atoms with Crippen LogP contribution in [-0.4, -0.2) is 30.9 Å². The van der Waals surface area contributed by atoms with E-state index in [0.29, 0.717) is 17.7 Å². The smallest absolute Gasteiger partial charge is 0.224 e. The van der Waals surface area contributed by atoms with Crippen molar-refractivity contribution in [3.8, 4) is 5.75 Å². The van der Waals surface area contributed by atoms with Crippen molar-refractivity contribution in [3.05, 3.63) is 23.3 Å². The Morgan fingerprint density at radius 2 is 2.05 bits per heavy atom. The Bertz CT molecular complexity index is 637. The Hall–Kier alpha value is -1.56.